The second-order valence-corrected chi connectivity index (χ2v) is 12.1. The number of benzene rings is 2. The van der Waals surface area contributed by atoms with E-state index >= 15 is 0 Å². The van der Waals surface area contributed by atoms with Gasteiger partial charge in [0.2, 0.25) is 0 Å². The topological polar surface area (TPSA) is 129 Å². The number of nitrogens with zero attached hydrogens (tertiary/aromatic N) is 4. The Morgan fingerprint density at radius 2 is 1.27 bits per heavy atom. The number of hydrogen-bond donors (Lipinski definition) is 0. The van der Waals surface area contributed by atoms with Crippen LogP contribution in [0.15, 0.2) is 70.8 Å². The van der Waals surface area contributed by atoms with E-state index in [0.29, 0.717) is 67.4 Å². The van der Waals surface area contributed by atoms with Crippen molar-refractivity contribution in [3.63, 3.8) is 0 Å². The minimum Gasteiger partial charge on any atom is -0.289 e. The van der Waals surface area contributed by atoms with E-state index in [2.05, 4.69) is 0 Å². The van der Waals surface area contributed by atoms with Crippen molar-refractivity contribution in [2.24, 2.45) is 11.3 Å². The van der Waals surface area contributed by atoms with Crippen LogP contribution in [0.2, 0.25) is 10.0 Å². The van der Waals surface area contributed by atoms with Crippen molar-refractivity contribution in [2.45, 2.75) is 52.9 Å². The summed E-state index contributed by atoms with van der Waals surface area (Å²) in [4.78, 5) is 26.9. The summed E-state index contributed by atoms with van der Waals surface area (Å²) in [7, 11) is 0. The van der Waals surface area contributed by atoms with Crippen LogP contribution in [0.1, 0.15) is 84.7 Å². The van der Waals surface area contributed by atoms with Gasteiger partial charge in [-0.3, -0.25) is 9.59 Å². The second kappa shape index (κ2) is 13.3. The standard InChI is InChI=1S/C36H28Cl2N4O2/c1-4-21(13-30-32(22(17-39)18-40)28-14-24(37)8-10-26(28)34(30)43)7-6-12-36(3,5-2)16-31-33(23(19-41)20-42)29-15-25(38)9-11-27(29)35(31)44/h8-11,13-16,21H,4-7,12H2,1-3H3/b30-13-,31-16-/t21?,36-/m1/s1. The molecule has 0 aliphatic heterocycles. The van der Waals surface area contributed by atoms with Gasteiger partial charge in [-0.2, -0.15) is 21.0 Å². The highest BCUT2D eigenvalue weighted by atomic mass is 35.5. The van der Waals surface area contributed by atoms with Crippen molar-refractivity contribution in [1.82, 2.24) is 0 Å². The van der Waals surface area contributed by atoms with Crippen molar-refractivity contribution in [3.05, 3.63) is 103 Å². The first-order valence-electron chi connectivity index (χ1n) is 14.3. The largest absolute Gasteiger partial charge is 0.289 e. The fourth-order valence-electron chi connectivity index (χ4n) is 5.87. The van der Waals surface area contributed by atoms with Crippen LogP contribution < -0.4 is 0 Å². The van der Waals surface area contributed by atoms with Crippen LogP contribution >= 0.6 is 23.2 Å². The molecule has 2 atom stereocenters. The van der Waals surface area contributed by atoms with Gasteiger partial charge < -0.3 is 0 Å². The minimum atomic E-state index is -0.431. The third-order valence-electron chi connectivity index (χ3n) is 8.52. The van der Waals surface area contributed by atoms with Crippen LogP contribution in [0, 0.1) is 56.7 Å². The zero-order chi connectivity index (χ0) is 32.2. The first-order valence-corrected chi connectivity index (χ1v) is 15.0. The molecule has 2 aromatic carbocycles. The zero-order valence-electron chi connectivity index (χ0n) is 24.6. The predicted octanol–water partition coefficient (Wildman–Crippen LogP) is 9.15. The SMILES string of the molecule is CCC(/C=C1\C(=O)c2ccc(Cl)cc2C1=C(C#N)C#N)CCC[C@](C)(/C=C1\C(=O)c2ccc(Cl)cc2C1=C(C#N)C#N)CC. The molecule has 0 saturated heterocycles. The van der Waals surface area contributed by atoms with Gasteiger partial charge in [-0.15, -0.1) is 0 Å². The Labute approximate surface area is 267 Å². The van der Waals surface area contributed by atoms with Crippen molar-refractivity contribution in [1.29, 1.82) is 21.0 Å². The maximum atomic E-state index is 13.5. The third kappa shape index (κ3) is 6.02. The summed E-state index contributed by atoms with van der Waals surface area (Å²) in [6.45, 7) is 6.10. The first-order chi connectivity index (χ1) is 21.1. The molecule has 4 rings (SSSR count). The quantitative estimate of drug-likeness (QED) is 0.214. The van der Waals surface area contributed by atoms with E-state index in [0.717, 1.165) is 19.3 Å². The smallest absolute Gasteiger partial charge is 0.194 e. The van der Waals surface area contributed by atoms with Gasteiger partial charge in [-0.25, -0.2) is 0 Å². The molecule has 0 amide bonds. The molecule has 0 fully saturated rings. The van der Waals surface area contributed by atoms with Gasteiger partial charge in [0, 0.05) is 43.5 Å². The number of hydrogen-bond acceptors (Lipinski definition) is 6. The van der Waals surface area contributed by atoms with Gasteiger partial charge in [0.05, 0.1) is 0 Å². The van der Waals surface area contributed by atoms with E-state index in [1.54, 1.807) is 36.4 Å². The summed E-state index contributed by atoms with van der Waals surface area (Å²) in [6.07, 6.45) is 7.37. The number of carbonyl (C=O) groups is 2. The highest BCUT2D eigenvalue weighted by molar-refractivity contribution is 6.33. The van der Waals surface area contributed by atoms with Crippen molar-refractivity contribution in [3.8, 4) is 24.3 Å². The lowest BCUT2D eigenvalue weighted by atomic mass is 9.78. The minimum absolute atomic E-state index is 0.0140. The van der Waals surface area contributed by atoms with E-state index in [9.17, 15) is 30.6 Å². The summed E-state index contributed by atoms with van der Waals surface area (Å²) in [6, 6.07) is 17.5. The van der Waals surface area contributed by atoms with E-state index in [1.807, 2.05) is 57.2 Å². The lowest BCUT2D eigenvalue weighted by Crippen LogP contribution is -2.15. The Hall–Kier alpha value is -4.72. The molecule has 8 heteroatoms. The van der Waals surface area contributed by atoms with Gasteiger partial charge in [-0.1, -0.05) is 62.5 Å². The fourth-order valence-corrected chi connectivity index (χ4v) is 6.21. The fraction of sp³-hybridized carbons (Fsp3) is 0.278. The van der Waals surface area contributed by atoms with Gasteiger partial charge in [0.15, 0.2) is 11.6 Å². The highest BCUT2D eigenvalue weighted by Gasteiger charge is 2.36. The summed E-state index contributed by atoms with van der Waals surface area (Å²) >= 11 is 12.4. The predicted molar refractivity (Wildman–Crippen MR) is 170 cm³/mol. The first kappa shape index (κ1) is 32.2. The van der Waals surface area contributed by atoms with E-state index < -0.39 is 5.41 Å². The summed E-state index contributed by atoms with van der Waals surface area (Å²) in [5.41, 5.74) is 2.43. The number of rotatable bonds is 8. The molecule has 0 bridgehead atoms. The zero-order valence-corrected chi connectivity index (χ0v) is 26.1. The van der Waals surface area contributed by atoms with Crippen molar-refractivity contribution in [2.75, 3.05) is 0 Å². The molecule has 2 aromatic rings. The van der Waals surface area contributed by atoms with Gasteiger partial charge in [0.1, 0.15) is 35.4 Å². The number of fused-ring (bicyclic) bond motifs is 2. The molecule has 0 heterocycles. The lowest BCUT2D eigenvalue weighted by molar-refractivity contribution is 0.103. The molecular formula is C36H28Cl2N4O2. The molecule has 0 N–H and O–H groups in total. The normalized spacial score (nSPS) is 17.3. The molecule has 2 aliphatic carbocycles. The Bertz CT molecular complexity index is 1850. The van der Waals surface area contributed by atoms with Gasteiger partial charge >= 0.3 is 0 Å². The summed E-state index contributed by atoms with van der Waals surface area (Å²) in [5.74, 6) is -0.490. The van der Waals surface area contributed by atoms with E-state index in [1.165, 1.54) is 0 Å². The van der Waals surface area contributed by atoms with Crippen LogP contribution in [-0.4, -0.2) is 11.6 Å². The summed E-state index contributed by atoms with van der Waals surface area (Å²) < 4.78 is 0. The van der Waals surface area contributed by atoms with Crippen LogP contribution in [0.3, 0.4) is 0 Å². The second-order valence-electron chi connectivity index (χ2n) is 11.2. The summed E-state index contributed by atoms with van der Waals surface area (Å²) in [5, 5.41) is 39.5. The number of ketones is 2. The van der Waals surface area contributed by atoms with Gasteiger partial charge in [-0.05, 0) is 84.5 Å². The number of halogens is 2. The number of Topliss-reactive ketones (excluding diaryl/α,β-unsaturated/α-hetero) is 2. The monoisotopic (exact) mass is 618 g/mol. The van der Waals surface area contributed by atoms with Crippen LogP contribution in [0.5, 0.6) is 0 Å². The van der Waals surface area contributed by atoms with Gasteiger partial charge in [0.25, 0.3) is 0 Å². The molecule has 0 aromatic heterocycles. The number of nitriles is 4. The van der Waals surface area contributed by atoms with Crippen molar-refractivity contribution < 1.29 is 9.59 Å². The Morgan fingerprint density at radius 3 is 1.73 bits per heavy atom. The van der Waals surface area contributed by atoms with E-state index in [4.69, 9.17) is 23.2 Å². The molecule has 6 nitrogen and oxygen atoms in total. The molecular weight excluding hydrogens is 591 g/mol. The van der Waals surface area contributed by atoms with Crippen LogP contribution in [0.25, 0.3) is 11.1 Å². The molecule has 0 spiro atoms. The number of allylic oxidation sites excluding steroid dienone is 8. The molecule has 2 aliphatic rings. The molecule has 0 saturated carbocycles. The van der Waals surface area contributed by atoms with E-state index in [-0.39, 0.29) is 28.6 Å². The highest BCUT2D eigenvalue weighted by Crippen LogP contribution is 2.44. The Balaban J connectivity index is 1.64. The average molecular weight is 620 g/mol. The van der Waals surface area contributed by atoms with Crippen LogP contribution in [-0.2, 0) is 0 Å². The molecule has 0 radical (unpaired) electrons. The Morgan fingerprint density at radius 1 is 0.795 bits per heavy atom. The molecule has 44 heavy (non-hydrogen) atoms. The molecule has 218 valence electrons. The average Bonchev–Trinajstić information content (AvgIpc) is 3.43. The third-order valence-corrected chi connectivity index (χ3v) is 8.99. The maximum absolute atomic E-state index is 13.5. The Kier molecular flexibility index (Phi) is 9.72. The van der Waals surface area contributed by atoms with Crippen molar-refractivity contribution >= 4 is 45.9 Å². The lowest BCUT2D eigenvalue weighted by Gasteiger charge is -2.26. The molecule has 1 unspecified atom stereocenters. The number of carbonyl (C=O) groups excluding carboxylic acids is 2. The maximum Gasteiger partial charge on any atom is 0.194 e. The van der Waals surface area contributed by atoms with Crippen LogP contribution in [0.4, 0.5) is 0 Å².